The Morgan fingerprint density at radius 1 is 0.929 bits per heavy atom. The Morgan fingerprint density at radius 2 is 1.57 bits per heavy atom. The molecule has 0 aliphatic carbocycles. The van der Waals surface area contributed by atoms with Crippen molar-refractivity contribution in [1.29, 1.82) is 0 Å². The highest BCUT2D eigenvalue weighted by atomic mass is 16.5. The van der Waals surface area contributed by atoms with Crippen LogP contribution in [0, 0.1) is 13.8 Å². The molecule has 2 aromatic heterocycles. The monoisotopic (exact) mass is 376 g/mol. The molecule has 3 heterocycles. The SMILES string of the molecule is Cc1ccc(C)n1-c1ccc(C(=O)Nc2ccc(N3CCOCC3)cn2)cc1. The molecule has 1 aromatic carbocycles. The van der Waals surface area contributed by atoms with Gasteiger partial charge in [0, 0.05) is 35.7 Å². The minimum absolute atomic E-state index is 0.167. The smallest absolute Gasteiger partial charge is 0.256 e. The van der Waals surface area contributed by atoms with Gasteiger partial charge in [0.25, 0.3) is 5.91 Å². The quantitative estimate of drug-likeness (QED) is 0.756. The maximum atomic E-state index is 12.5. The number of benzene rings is 1. The van der Waals surface area contributed by atoms with E-state index in [-0.39, 0.29) is 5.91 Å². The van der Waals surface area contributed by atoms with Crippen LogP contribution in [-0.4, -0.2) is 41.8 Å². The molecular formula is C22H24N4O2. The molecule has 1 aliphatic heterocycles. The first-order valence-corrected chi connectivity index (χ1v) is 9.47. The third-order valence-electron chi connectivity index (χ3n) is 5.02. The van der Waals surface area contributed by atoms with Crippen molar-refractivity contribution in [3.05, 3.63) is 71.7 Å². The lowest BCUT2D eigenvalue weighted by molar-refractivity contribution is 0.102. The van der Waals surface area contributed by atoms with Crippen molar-refractivity contribution >= 4 is 17.4 Å². The number of hydrogen-bond acceptors (Lipinski definition) is 4. The van der Waals surface area contributed by atoms with Gasteiger partial charge in [0.05, 0.1) is 25.1 Å². The lowest BCUT2D eigenvalue weighted by atomic mass is 10.2. The molecule has 28 heavy (non-hydrogen) atoms. The number of carbonyl (C=O) groups excluding carboxylic acids is 1. The number of ether oxygens (including phenoxy) is 1. The van der Waals surface area contributed by atoms with Crippen LogP contribution in [0.1, 0.15) is 21.7 Å². The lowest BCUT2D eigenvalue weighted by Crippen LogP contribution is -2.36. The van der Waals surface area contributed by atoms with Gasteiger partial charge >= 0.3 is 0 Å². The summed E-state index contributed by atoms with van der Waals surface area (Å²) in [5.41, 5.74) is 5.02. The molecule has 3 aromatic rings. The average Bonchev–Trinajstić information content (AvgIpc) is 3.07. The van der Waals surface area contributed by atoms with Crippen LogP contribution < -0.4 is 10.2 Å². The standard InChI is InChI=1S/C22H24N4O2/c1-16-3-4-17(2)26(16)19-7-5-18(6-8-19)22(27)24-21-10-9-20(15-23-21)25-11-13-28-14-12-25/h3-10,15H,11-14H2,1-2H3,(H,23,24,27). The first kappa shape index (κ1) is 18.3. The van der Waals surface area contributed by atoms with Crippen LogP contribution in [0.25, 0.3) is 5.69 Å². The predicted octanol–water partition coefficient (Wildman–Crippen LogP) is 3.58. The molecule has 1 amide bonds. The molecule has 6 nitrogen and oxygen atoms in total. The number of anilines is 2. The summed E-state index contributed by atoms with van der Waals surface area (Å²) in [7, 11) is 0. The zero-order chi connectivity index (χ0) is 19.5. The van der Waals surface area contributed by atoms with Crippen molar-refractivity contribution in [1.82, 2.24) is 9.55 Å². The average molecular weight is 376 g/mol. The summed E-state index contributed by atoms with van der Waals surface area (Å²) >= 11 is 0. The number of hydrogen-bond donors (Lipinski definition) is 1. The van der Waals surface area contributed by atoms with E-state index in [1.807, 2.05) is 36.4 Å². The second-order valence-corrected chi connectivity index (χ2v) is 6.95. The van der Waals surface area contributed by atoms with Gasteiger partial charge in [-0.05, 0) is 62.4 Å². The Balaban J connectivity index is 1.43. The van der Waals surface area contributed by atoms with Crippen molar-refractivity contribution in [2.45, 2.75) is 13.8 Å². The number of morpholine rings is 1. The molecule has 4 rings (SSSR count). The fraction of sp³-hybridized carbons (Fsp3) is 0.273. The Labute approximate surface area is 164 Å². The van der Waals surface area contributed by atoms with Crippen molar-refractivity contribution in [2.24, 2.45) is 0 Å². The highest BCUT2D eigenvalue weighted by molar-refractivity contribution is 6.03. The van der Waals surface area contributed by atoms with Crippen LogP contribution in [0.15, 0.2) is 54.7 Å². The summed E-state index contributed by atoms with van der Waals surface area (Å²) in [6, 6.07) is 15.6. The summed E-state index contributed by atoms with van der Waals surface area (Å²) in [5.74, 6) is 0.377. The molecular weight excluding hydrogens is 352 g/mol. The van der Waals surface area contributed by atoms with Crippen LogP contribution in [0.5, 0.6) is 0 Å². The fourth-order valence-corrected chi connectivity index (χ4v) is 3.49. The van der Waals surface area contributed by atoms with E-state index in [0.717, 1.165) is 37.7 Å². The van der Waals surface area contributed by atoms with E-state index in [2.05, 4.69) is 45.7 Å². The van der Waals surface area contributed by atoms with Crippen molar-refractivity contribution in [3.63, 3.8) is 0 Å². The second-order valence-electron chi connectivity index (χ2n) is 6.95. The molecule has 0 radical (unpaired) electrons. The Kier molecular flexibility index (Phi) is 5.12. The van der Waals surface area contributed by atoms with Gasteiger partial charge in [0.1, 0.15) is 5.82 Å². The van der Waals surface area contributed by atoms with Gasteiger partial charge in [-0.1, -0.05) is 0 Å². The normalized spacial score (nSPS) is 14.1. The summed E-state index contributed by atoms with van der Waals surface area (Å²) < 4.78 is 7.53. The van der Waals surface area contributed by atoms with E-state index >= 15 is 0 Å². The van der Waals surface area contributed by atoms with Crippen LogP contribution in [-0.2, 0) is 4.74 Å². The van der Waals surface area contributed by atoms with Crippen LogP contribution in [0.3, 0.4) is 0 Å². The molecule has 0 saturated carbocycles. The van der Waals surface area contributed by atoms with Gasteiger partial charge in [-0.25, -0.2) is 4.98 Å². The van der Waals surface area contributed by atoms with E-state index in [4.69, 9.17) is 4.74 Å². The maximum Gasteiger partial charge on any atom is 0.256 e. The topological polar surface area (TPSA) is 59.4 Å². The van der Waals surface area contributed by atoms with Gasteiger partial charge in [0.2, 0.25) is 0 Å². The van der Waals surface area contributed by atoms with E-state index in [1.54, 1.807) is 6.20 Å². The van der Waals surface area contributed by atoms with Gasteiger partial charge in [-0.3, -0.25) is 4.79 Å². The summed E-state index contributed by atoms with van der Waals surface area (Å²) in [5, 5.41) is 2.87. The Morgan fingerprint density at radius 3 is 2.18 bits per heavy atom. The fourth-order valence-electron chi connectivity index (χ4n) is 3.49. The number of aromatic nitrogens is 2. The number of nitrogens with zero attached hydrogens (tertiary/aromatic N) is 3. The predicted molar refractivity (Wildman–Crippen MR) is 110 cm³/mol. The molecule has 0 unspecified atom stereocenters. The second kappa shape index (κ2) is 7.86. The molecule has 1 aliphatic rings. The van der Waals surface area contributed by atoms with Crippen molar-refractivity contribution in [3.8, 4) is 5.69 Å². The Hall–Kier alpha value is -3.12. The third-order valence-corrected chi connectivity index (χ3v) is 5.02. The van der Waals surface area contributed by atoms with Crippen molar-refractivity contribution in [2.75, 3.05) is 36.5 Å². The van der Waals surface area contributed by atoms with Crippen LogP contribution in [0.2, 0.25) is 0 Å². The zero-order valence-corrected chi connectivity index (χ0v) is 16.2. The molecule has 0 bridgehead atoms. The van der Waals surface area contributed by atoms with E-state index in [1.165, 1.54) is 11.4 Å². The molecule has 6 heteroatoms. The zero-order valence-electron chi connectivity index (χ0n) is 16.2. The number of carbonyl (C=O) groups is 1. The van der Waals surface area contributed by atoms with Gasteiger partial charge in [-0.2, -0.15) is 0 Å². The van der Waals surface area contributed by atoms with E-state index in [0.29, 0.717) is 11.4 Å². The number of aryl methyl sites for hydroxylation is 2. The number of nitrogens with one attached hydrogen (secondary N) is 1. The molecule has 1 N–H and O–H groups in total. The minimum Gasteiger partial charge on any atom is -0.378 e. The third kappa shape index (κ3) is 3.77. The van der Waals surface area contributed by atoms with E-state index < -0.39 is 0 Å². The summed E-state index contributed by atoms with van der Waals surface area (Å²) in [6.45, 7) is 7.33. The van der Waals surface area contributed by atoms with Gasteiger partial charge < -0.3 is 19.5 Å². The molecule has 0 spiro atoms. The molecule has 1 saturated heterocycles. The summed E-state index contributed by atoms with van der Waals surface area (Å²) in [6.07, 6.45) is 1.79. The van der Waals surface area contributed by atoms with Crippen LogP contribution >= 0.6 is 0 Å². The minimum atomic E-state index is -0.167. The maximum absolute atomic E-state index is 12.5. The first-order valence-electron chi connectivity index (χ1n) is 9.47. The number of rotatable bonds is 4. The first-order chi connectivity index (χ1) is 13.6. The summed E-state index contributed by atoms with van der Waals surface area (Å²) in [4.78, 5) is 19.2. The largest absolute Gasteiger partial charge is 0.378 e. The van der Waals surface area contributed by atoms with E-state index in [9.17, 15) is 4.79 Å². The highest BCUT2D eigenvalue weighted by Gasteiger charge is 2.12. The van der Waals surface area contributed by atoms with Crippen molar-refractivity contribution < 1.29 is 9.53 Å². The molecule has 0 atom stereocenters. The number of amides is 1. The Bertz CT molecular complexity index is 936. The van der Waals surface area contributed by atoms with Gasteiger partial charge in [-0.15, -0.1) is 0 Å². The van der Waals surface area contributed by atoms with Gasteiger partial charge in [0.15, 0.2) is 0 Å². The lowest BCUT2D eigenvalue weighted by Gasteiger charge is -2.28. The molecule has 1 fully saturated rings. The van der Waals surface area contributed by atoms with Crippen LogP contribution in [0.4, 0.5) is 11.5 Å². The number of pyridine rings is 1. The molecule has 144 valence electrons. The highest BCUT2D eigenvalue weighted by Crippen LogP contribution is 2.19.